The Bertz CT molecular complexity index is 1050. The second-order valence-corrected chi connectivity index (χ2v) is 5.82. The van der Waals surface area contributed by atoms with Crippen LogP contribution in [0, 0.1) is 17.5 Å². The van der Waals surface area contributed by atoms with Gasteiger partial charge in [0.15, 0.2) is 11.6 Å². The topological polar surface area (TPSA) is 68.7 Å². The van der Waals surface area contributed by atoms with Gasteiger partial charge in [0.2, 0.25) is 5.88 Å². The minimum Gasteiger partial charge on any atom is -0.487 e. The SMILES string of the molecule is O=C(O)/C=C/c1ccc(Oc2ccc(OCc3ccc(F)cc3F)cn2)c(F)c1. The van der Waals surface area contributed by atoms with E-state index in [2.05, 4.69) is 4.98 Å². The Balaban J connectivity index is 1.62. The first-order chi connectivity index (χ1) is 13.9. The molecule has 0 radical (unpaired) electrons. The van der Waals surface area contributed by atoms with E-state index in [1.165, 1.54) is 42.6 Å². The fourth-order valence-electron chi connectivity index (χ4n) is 2.30. The third-order valence-corrected chi connectivity index (χ3v) is 3.71. The number of carbonyl (C=O) groups is 1. The monoisotopic (exact) mass is 401 g/mol. The van der Waals surface area contributed by atoms with Crippen molar-refractivity contribution in [1.82, 2.24) is 4.98 Å². The first kappa shape index (κ1) is 19.9. The Labute approximate surface area is 163 Å². The van der Waals surface area contributed by atoms with Crippen molar-refractivity contribution in [3.63, 3.8) is 0 Å². The summed E-state index contributed by atoms with van der Waals surface area (Å²) in [7, 11) is 0. The highest BCUT2D eigenvalue weighted by molar-refractivity contribution is 5.85. The minimum atomic E-state index is -1.14. The number of hydrogen-bond donors (Lipinski definition) is 1. The zero-order valence-corrected chi connectivity index (χ0v) is 14.8. The highest BCUT2D eigenvalue weighted by Crippen LogP contribution is 2.25. The van der Waals surface area contributed by atoms with Crippen molar-refractivity contribution in [3.05, 3.63) is 89.4 Å². The summed E-state index contributed by atoms with van der Waals surface area (Å²) in [5.41, 5.74) is 0.549. The number of aromatic nitrogens is 1. The van der Waals surface area contributed by atoms with Crippen LogP contribution in [0.1, 0.15) is 11.1 Å². The average Bonchev–Trinajstić information content (AvgIpc) is 2.68. The number of hydrogen-bond acceptors (Lipinski definition) is 4. The lowest BCUT2D eigenvalue weighted by Gasteiger charge is -2.09. The number of rotatable bonds is 7. The molecule has 0 aliphatic rings. The van der Waals surface area contributed by atoms with Gasteiger partial charge in [-0.3, -0.25) is 0 Å². The van der Waals surface area contributed by atoms with Crippen LogP contribution in [-0.2, 0) is 11.4 Å². The van der Waals surface area contributed by atoms with Gasteiger partial charge in [-0.05, 0) is 42.0 Å². The van der Waals surface area contributed by atoms with Crippen LogP contribution >= 0.6 is 0 Å². The van der Waals surface area contributed by atoms with Crippen LogP contribution in [0.2, 0.25) is 0 Å². The number of benzene rings is 2. The van der Waals surface area contributed by atoms with Crippen LogP contribution in [0.3, 0.4) is 0 Å². The lowest BCUT2D eigenvalue weighted by atomic mass is 10.2. The molecule has 148 valence electrons. The molecule has 0 saturated heterocycles. The van der Waals surface area contributed by atoms with E-state index in [9.17, 15) is 18.0 Å². The summed E-state index contributed by atoms with van der Waals surface area (Å²) in [5.74, 6) is -2.89. The molecule has 0 aliphatic heterocycles. The largest absolute Gasteiger partial charge is 0.487 e. The number of nitrogens with zero attached hydrogens (tertiary/aromatic N) is 1. The van der Waals surface area contributed by atoms with Gasteiger partial charge in [-0.15, -0.1) is 0 Å². The van der Waals surface area contributed by atoms with Crippen LogP contribution in [-0.4, -0.2) is 16.1 Å². The van der Waals surface area contributed by atoms with E-state index in [0.717, 1.165) is 24.3 Å². The predicted octanol–water partition coefficient (Wildman–Crippen LogP) is 4.97. The molecule has 0 bridgehead atoms. The smallest absolute Gasteiger partial charge is 0.328 e. The first-order valence-corrected chi connectivity index (χ1v) is 8.32. The fraction of sp³-hybridized carbons (Fsp3) is 0.0476. The molecule has 29 heavy (non-hydrogen) atoms. The van der Waals surface area contributed by atoms with E-state index in [4.69, 9.17) is 14.6 Å². The maximum absolute atomic E-state index is 14.1. The Morgan fingerprint density at radius 1 is 1.03 bits per heavy atom. The zero-order valence-electron chi connectivity index (χ0n) is 14.8. The Morgan fingerprint density at radius 2 is 1.86 bits per heavy atom. The summed E-state index contributed by atoms with van der Waals surface area (Å²) in [6.07, 6.45) is 3.47. The molecule has 0 fully saturated rings. The molecular weight excluding hydrogens is 387 g/mol. The normalized spacial score (nSPS) is 10.9. The summed E-state index contributed by atoms with van der Waals surface area (Å²) in [6.45, 7) is -0.117. The van der Waals surface area contributed by atoms with E-state index in [-0.39, 0.29) is 23.8 Å². The van der Waals surface area contributed by atoms with E-state index in [0.29, 0.717) is 11.3 Å². The molecule has 0 aliphatic carbocycles. The molecule has 0 atom stereocenters. The van der Waals surface area contributed by atoms with Crippen LogP contribution in [0.25, 0.3) is 6.08 Å². The van der Waals surface area contributed by atoms with Crippen LogP contribution in [0.4, 0.5) is 13.2 Å². The lowest BCUT2D eigenvalue weighted by Crippen LogP contribution is -1.99. The second kappa shape index (κ2) is 8.92. The van der Waals surface area contributed by atoms with Crippen molar-refractivity contribution in [2.75, 3.05) is 0 Å². The fourth-order valence-corrected chi connectivity index (χ4v) is 2.30. The predicted molar refractivity (Wildman–Crippen MR) is 98.1 cm³/mol. The van der Waals surface area contributed by atoms with Crippen LogP contribution < -0.4 is 9.47 Å². The molecule has 0 amide bonds. The summed E-state index contributed by atoms with van der Waals surface area (Å²) >= 11 is 0. The number of pyridine rings is 1. The van der Waals surface area contributed by atoms with E-state index >= 15 is 0 Å². The standard InChI is InChI=1S/C21H14F3NO4/c22-15-4-3-14(17(23)10-15)12-28-16-5-7-20(25-11-16)29-19-6-1-13(9-18(19)24)2-8-21(26)27/h1-11H,12H2,(H,26,27)/b8-2+. The van der Waals surface area contributed by atoms with Crippen LogP contribution in [0.15, 0.2) is 60.8 Å². The van der Waals surface area contributed by atoms with Crippen molar-refractivity contribution >= 4 is 12.0 Å². The van der Waals surface area contributed by atoms with Gasteiger partial charge < -0.3 is 14.6 Å². The van der Waals surface area contributed by atoms with E-state index in [1.54, 1.807) is 0 Å². The average molecular weight is 401 g/mol. The molecule has 1 N–H and O–H groups in total. The lowest BCUT2D eigenvalue weighted by molar-refractivity contribution is -0.131. The molecule has 8 heteroatoms. The highest BCUT2D eigenvalue weighted by atomic mass is 19.1. The summed E-state index contributed by atoms with van der Waals surface area (Å²) in [4.78, 5) is 14.5. The van der Waals surface area contributed by atoms with Crippen LogP contribution in [0.5, 0.6) is 17.4 Å². The number of halogens is 3. The van der Waals surface area contributed by atoms with Crippen molar-refractivity contribution in [2.45, 2.75) is 6.61 Å². The van der Waals surface area contributed by atoms with Crippen molar-refractivity contribution in [2.24, 2.45) is 0 Å². The molecule has 0 saturated carbocycles. The molecule has 3 rings (SSSR count). The first-order valence-electron chi connectivity index (χ1n) is 8.32. The van der Waals surface area contributed by atoms with Crippen molar-refractivity contribution in [1.29, 1.82) is 0 Å². The number of carboxylic acid groups (broad SMARTS) is 1. The summed E-state index contributed by atoms with van der Waals surface area (Å²) in [5, 5.41) is 8.59. The number of carboxylic acids is 1. The highest BCUT2D eigenvalue weighted by Gasteiger charge is 2.08. The van der Waals surface area contributed by atoms with Gasteiger partial charge in [-0.2, -0.15) is 0 Å². The third-order valence-electron chi connectivity index (χ3n) is 3.71. The molecule has 3 aromatic rings. The molecule has 2 aromatic carbocycles. The molecule has 0 unspecified atom stereocenters. The third kappa shape index (κ3) is 5.58. The van der Waals surface area contributed by atoms with Crippen molar-refractivity contribution < 1.29 is 32.5 Å². The molecule has 1 aromatic heterocycles. The Kier molecular flexibility index (Phi) is 6.13. The van der Waals surface area contributed by atoms with Gasteiger partial charge in [-0.1, -0.05) is 6.07 Å². The quantitative estimate of drug-likeness (QED) is 0.567. The maximum Gasteiger partial charge on any atom is 0.328 e. The second-order valence-electron chi connectivity index (χ2n) is 5.82. The van der Waals surface area contributed by atoms with Gasteiger partial charge >= 0.3 is 5.97 Å². The molecular formula is C21H14F3NO4. The van der Waals surface area contributed by atoms with Gasteiger partial charge in [0, 0.05) is 23.8 Å². The maximum atomic E-state index is 14.1. The van der Waals surface area contributed by atoms with E-state index in [1.807, 2.05) is 0 Å². The van der Waals surface area contributed by atoms with Gasteiger partial charge in [0.1, 0.15) is 24.0 Å². The van der Waals surface area contributed by atoms with Gasteiger partial charge in [-0.25, -0.2) is 22.9 Å². The Morgan fingerprint density at radius 3 is 2.52 bits per heavy atom. The number of aliphatic carboxylic acids is 1. The molecule has 5 nitrogen and oxygen atoms in total. The van der Waals surface area contributed by atoms with E-state index < -0.39 is 23.4 Å². The minimum absolute atomic E-state index is 0.0907. The summed E-state index contributed by atoms with van der Waals surface area (Å²) in [6, 6.07) is 10.1. The van der Waals surface area contributed by atoms with Gasteiger partial charge in [0.05, 0.1) is 6.20 Å². The molecule has 0 spiro atoms. The summed E-state index contributed by atoms with van der Waals surface area (Å²) < 4.78 is 51.3. The number of ether oxygens (including phenoxy) is 2. The Hall–Kier alpha value is -3.81. The molecule has 1 heterocycles. The van der Waals surface area contributed by atoms with Crippen molar-refractivity contribution in [3.8, 4) is 17.4 Å². The zero-order chi connectivity index (χ0) is 20.8. The van der Waals surface area contributed by atoms with Gasteiger partial charge in [0.25, 0.3) is 0 Å².